The van der Waals surface area contributed by atoms with Crippen LogP contribution >= 0.6 is 0 Å². The average Bonchev–Trinajstić information content (AvgIpc) is 2.70. The second kappa shape index (κ2) is 8.62. The lowest BCUT2D eigenvalue weighted by atomic mass is 10.1. The van der Waals surface area contributed by atoms with E-state index in [9.17, 15) is 13.2 Å². The highest BCUT2D eigenvalue weighted by Gasteiger charge is 2.26. The number of ether oxygens (including phenoxy) is 2. The second-order valence-corrected chi connectivity index (χ2v) is 7.99. The van der Waals surface area contributed by atoms with Gasteiger partial charge in [-0.3, -0.25) is 4.79 Å². The van der Waals surface area contributed by atoms with Gasteiger partial charge in [0.15, 0.2) is 6.10 Å². The minimum atomic E-state index is -3.56. The molecule has 1 aliphatic rings. The molecule has 0 spiro atoms. The largest absolute Gasteiger partial charge is 0.379 e. The van der Waals surface area contributed by atoms with Gasteiger partial charge in [0.1, 0.15) is 0 Å². The summed E-state index contributed by atoms with van der Waals surface area (Å²) in [6.45, 7) is 1.47. The molecule has 144 valence electrons. The number of rotatable bonds is 6. The van der Waals surface area contributed by atoms with Crippen molar-refractivity contribution in [3.05, 3.63) is 60.2 Å². The Morgan fingerprint density at radius 1 is 1.07 bits per heavy atom. The number of nitrogens with zero attached hydrogens (tertiary/aromatic N) is 1. The lowest BCUT2D eigenvalue weighted by Crippen LogP contribution is -2.40. The maximum atomic E-state index is 12.6. The summed E-state index contributed by atoms with van der Waals surface area (Å²) in [4.78, 5) is 12.7. The molecule has 1 N–H and O–H groups in total. The third-order valence-corrected chi connectivity index (χ3v) is 6.22. The molecule has 0 bridgehead atoms. The van der Waals surface area contributed by atoms with E-state index in [1.54, 1.807) is 12.1 Å². The lowest BCUT2D eigenvalue weighted by molar-refractivity contribution is -0.126. The molecule has 1 saturated heterocycles. The number of benzene rings is 2. The van der Waals surface area contributed by atoms with Gasteiger partial charge in [-0.25, -0.2) is 8.42 Å². The summed E-state index contributed by atoms with van der Waals surface area (Å²) in [7, 11) is -2.09. The first kappa shape index (κ1) is 19.5. The number of anilines is 1. The number of amides is 1. The van der Waals surface area contributed by atoms with Crippen molar-refractivity contribution in [3.8, 4) is 0 Å². The zero-order valence-electron chi connectivity index (χ0n) is 15.0. The Morgan fingerprint density at radius 2 is 1.70 bits per heavy atom. The Bertz CT molecular complexity index is 863. The van der Waals surface area contributed by atoms with Gasteiger partial charge in [-0.05, 0) is 29.8 Å². The summed E-state index contributed by atoms with van der Waals surface area (Å²) in [6.07, 6.45) is -0.747. The second-order valence-electron chi connectivity index (χ2n) is 6.06. The smallest absolute Gasteiger partial charge is 0.258 e. The third-order valence-electron chi connectivity index (χ3n) is 4.31. The van der Waals surface area contributed by atoms with Crippen LogP contribution in [0.25, 0.3) is 0 Å². The first-order valence-corrected chi connectivity index (χ1v) is 10.0. The number of morpholine rings is 1. The van der Waals surface area contributed by atoms with Crippen molar-refractivity contribution >= 4 is 21.6 Å². The van der Waals surface area contributed by atoms with E-state index in [2.05, 4.69) is 5.32 Å². The van der Waals surface area contributed by atoms with Crippen molar-refractivity contribution in [2.75, 3.05) is 38.7 Å². The van der Waals surface area contributed by atoms with Gasteiger partial charge in [-0.1, -0.05) is 30.3 Å². The fraction of sp³-hybridized carbons (Fsp3) is 0.316. The van der Waals surface area contributed by atoms with Crippen LogP contribution in [0, 0.1) is 0 Å². The SMILES string of the molecule is COC(C(=O)Nc1ccc(S(=O)(=O)N2CCOCC2)cc1)c1ccccc1. The van der Waals surface area contributed by atoms with Crippen molar-refractivity contribution in [2.45, 2.75) is 11.0 Å². The zero-order chi connectivity index (χ0) is 19.3. The van der Waals surface area contributed by atoms with E-state index in [4.69, 9.17) is 9.47 Å². The molecular weight excluding hydrogens is 368 g/mol. The van der Waals surface area contributed by atoms with Crippen LogP contribution in [-0.4, -0.2) is 52.0 Å². The van der Waals surface area contributed by atoms with Crippen LogP contribution in [0.15, 0.2) is 59.5 Å². The number of hydrogen-bond acceptors (Lipinski definition) is 5. The Hall–Kier alpha value is -2.26. The molecule has 1 unspecified atom stereocenters. The van der Waals surface area contributed by atoms with Crippen LogP contribution in [0.2, 0.25) is 0 Å². The number of carbonyl (C=O) groups is 1. The molecular formula is C19H22N2O5S. The Labute approximate surface area is 158 Å². The summed E-state index contributed by atoms with van der Waals surface area (Å²) in [5.41, 5.74) is 1.24. The number of carbonyl (C=O) groups excluding carboxylic acids is 1. The molecule has 1 amide bonds. The van der Waals surface area contributed by atoms with Crippen molar-refractivity contribution < 1.29 is 22.7 Å². The fourth-order valence-electron chi connectivity index (χ4n) is 2.88. The van der Waals surface area contributed by atoms with Crippen LogP contribution in [0.1, 0.15) is 11.7 Å². The van der Waals surface area contributed by atoms with E-state index >= 15 is 0 Å². The monoisotopic (exact) mass is 390 g/mol. The molecule has 8 heteroatoms. The fourth-order valence-corrected chi connectivity index (χ4v) is 4.28. The standard InChI is InChI=1S/C19H22N2O5S/c1-25-18(15-5-3-2-4-6-15)19(22)20-16-7-9-17(10-8-16)27(23,24)21-11-13-26-14-12-21/h2-10,18H,11-14H2,1H3,(H,20,22). The number of sulfonamides is 1. The molecule has 3 rings (SSSR count). The Morgan fingerprint density at radius 3 is 2.30 bits per heavy atom. The van der Waals surface area contributed by atoms with Crippen molar-refractivity contribution in [2.24, 2.45) is 0 Å². The molecule has 1 fully saturated rings. The van der Waals surface area contributed by atoms with Gasteiger partial charge >= 0.3 is 0 Å². The Kier molecular flexibility index (Phi) is 6.22. The third kappa shape index (κ3) is 4.54. The van der Waals surface area contributed by atoms with Crippen LogP contribution in [0.3, 0.4) is 0 Å². The van der Waals surface area contributed by atoms with Crippen LogP contribution < -0.4 is 5.32 Å². The molecule has 7 nitrogen and oxygen atoms in total. The van der Waals surface area contributed by atoms with Gasteiger partial charge < -0.3 is 14.8 Å². The van der Waals surface area contributed by atoms with E-state index in [0.29, 0.717) is 32.0 Å². The molecule has 0 radical (unpaired) electrons. The van der Waals surface area contributed by atoms with E-state index in [0.717, 1.165) is 5.56 Å². The van der Waals surface area contributed by atoms with Gasteiger partial charge in [0.2, 0.25) is 10.0 Å². The van der Waals surface area contributed by atoms with Gasteiger partial charge in [-0.2, -0.15) is 4.31 Å². The highest BCUT2D eigenvalue weighted by Crippen LogP contribution is 2.22. The zero-order valence-corrected chi connectivity index (χ0v) is 15.8. The molecule has 2 aromatic carbocycles. The molecule has 2 aromatic rings. The van der Waals surface area contributed by atoms with Gasteiger partial charge in [0.25, 0.3) is 5.91 Å². The van der Waals surface area contributed by atoms with E-state index < -0.39 is 16.1 Å². The normalized spacial score (nSPS) is 16.6. The lowest BCUT2D eigenvalue weighted by Gasteiger charge is -2.26. The predicted octanol–water partition coefficient (Wildman–Crippen LogP) is 2.03. The van der Waals surface area contributed by atoms with Crippen molar-refractivity contribution in [3.63, 3.8) is 0 Å². The predicted molar refractivity (Wildman–Crippen MR) is 101 cm³/mol. The highest BCUT2D eigenvalue weighted by molar-refractivity contribution is 7.89. The molecule has 0 saturated carbocycles. The van der Waals surface area contributed by atoms with E-state index in [-0.39, 0.29) is 10.8 Å². The maximum Gasteiger partial charge on any atom is 0.258 e. The topological polar surface area (TPSA) is 84.9 Å². The van der Waals surface area contributed by atoms with E-state index in [1.807, 2.05) is 30.3 Å². The summed E-state index contributed by atoms with van der Waals surface area (Å²) >= 11 is 0. The summed E-state index contributed by atoms with van der Waals surface area (Å²) in [6, 6.07) is 15.3. The summed E-state index contributed by atoms with van der Waals surface area (Å²) in [5, 5.41) is 2.76. The number of methoxy groups -OCH3 is 1. The molecule has 27 heavy (non-hydrogen) atoms. The average molecular weight is 390 g/mol. The summed E-state index contributed by atoms with van der Waals surface area (Å²) in [5.74, 6) is -0.326. The molecule has 1 atom stereocenters. The molecule has 1 heterocycles. The highest BCUT2D eigenvalue weighted by atomic mass is 32.2. The van der Waals surface area contributed by atoms with Gasteiger partial charge in [0.05, 0.1) is 18.1 Å². The Balaban J connectivity index is 1.71. The van der Waals surface area contributed by atoms with Crippen LogP contribution in [-0.2, 0) is 24.3 Å². The van der Waals surface area contributed by atoms with Crippen molar-refractivity contribution in [1.29, 1.82) is 0 Å². The van der Waals surface area contributed by atoms with Crippen molar-refractivity contribution in [1.82, 2.24) is 4.31 Å². The first-order valence-electron chi connectivity index (χ1n) is 8.59. The minimum absolute atomic E-state index is 0.189. The maximum absolute atomic E-state index is 12.6. The number of nitrogens with one attached hydrogen (secondary N) is 1. The van der Waals surface area contributed by atoms with E-state index in [1.165, 1.54) is 23.5 Å². The van der Waals surface area contributed by atoms with Gasteiger partial charge in [-0.15, -0.1) is 0 Å². The molecule has 0 aromatic heterocycles. The quantitative estimate of drug-likeness (QED) is 0.816. The molecule has 0 aliphatic carbocycles. The molecule has 1 aliphatic heterocycles. The van der Waals surface area contributed by atoms with Crippen LogP contribution in [0.4, 0.5) is 5.69 Å². The van der Waals surface area contributed by atoms with Crippen LogP contribution in [0.5, 0.6) is 0 Å². The number of hydrogen-bond donors (Lipinski definition) is 1. The first-order chi connectivity index (χ1) is 13.0. The minimum Gasteiger partial charge on any atom is -0.379 e. The van der Waals surface area contributed by atoms with Gasteiger partial charge in [0, 0.05) is 25.9 Å². The summed E-state index contributed by atoms with van der Waals surface area (Å²) < 4.78 is 37.1.